The lowest BCUT2D eigenvalue weighted by Gasteiger charge is -2.41. The number of anilines is 1. The summed E-state index contributed by atoms with van der Waals surface area (Å²) >= 11 is 0. The fourth-order valence-corrected chi connectivity index (χ4v) is 5.90. The summed E-state index contributed by atoms with van der Waals surface area (Å²) in [5.41, 5.74) is 2.44. The molecule has 3 aliphatic rings. The molecular weight excluding hydrogens is 479 g/mol. The fourth-order valence-electron chi connectivity index (χ4n) is 5.90. The predicted octanol–water partition coefficient (Wildman–Crippen LogP) is 3.28. The van der Waals surface area contributed by atoms with Gasteiger partial charge in [-0.3, -0.25) is 19.6 Å². The number of carbonyl (C=O) groups excluding carboxylic acids is 1. The van der Waals surface area contributed by atoms with Crippen LogP contribution in [0.15, 0.2) is 30.5 Å². The van der Waals surface area contributed by atoms with Gasteiger partial charge in [-0.05, 0) is 36.6 Å². The second kappa shape index (κ2) is 10.3. The molecular formula is C28H36F3N5O. The molecule has 5 rings (SSSR count). The number of carbonyl (C=O) groups is 1. The smallest absolute Gasteiger partial charge is 0.241 e. The Morgan fingerprint density at radius 1 is 1.22 bits per heavy atom. The topological polar surface area (TPSA) is 51.7 Å². The van der Waals surface area contributed by atoms with Crippen LogP contribution in [0.5, 0.6) is 0 Å². The number of rotatable bonds is 6. The number of alkyl halides is 1. The molecule has 0 bridgehead atoms. The van der Waals surface area contributed by atoms with Crippen molar-refractivity contribution in [2.45, 2.75) is 57.3 Å². The van der Waals surface area contributed by atoms with Gasteiger partial charge in [0.25, 0.3) is 0 Å². The van der Waals surface area contributed by atoms with Crippen molar-refractivity contribution in [3.8, 4) is 0 Å². The molecule has 0 radical (unpaired) electrons. The lowest BCUT2D eigenvalue weighted by molar-refractivity contribution is -0.120. The monoisotopic (exact) mass is 515 g/mol. The standard InChI is InChI=1S/C28H36F3N5O/c1-18-13-35(23(12-32-18)15-34-7-6-22(30)14-34)16-26(37)36-17-28(2,3)27-25(36)9-19(11-33-27)8-20-4-5-21(29)10-24(20)31/h4-5,9-11,18,22-23,32H,6-8,12-17H2,1-3H3/t18-,22-,23-/m1/s1. The van der Waals surface area contributed by atoms with Crippen LogP contribution in [0.2, 0.25) is 0 Å². The minimum Gasteiger partial charge on any atom is -0.311 e. The summed E-state index contributed by atoms with van der Waals surface area (Å²) in [5.74, 6) is -1.20. The molecule has 0 unspecified atom stereocenters. The highest BCUT2D eigenvalue weighted by atomic mass is 19.1. The van der Waals surface area contributed by atoms with E-state index in [1.807, 2.05) is 11.0 Å². The first kappa shape index (κ1) is 26.1. The Hall–Kier alpha value is -2.49. The minimum absolute atomic E-state index is 0.00243. The van der Waals surface area contributed by atoms with Crippen LogP contribution in [-0.2, 0) is 16.6 Å². The molecule has 2 fully saturated rings. The highest BCUT2D eigenvalue weighted by Gasteiger charge is 2.41. The minimum atomic E-state index is -0.765. The van der Waals surface area contributed by atoms with Gasteiger partial charge in [0.1, 0.15) is 17.8 Å². The van der Waals surface area contributed by atoms with Crippen LogP contribution in [0.4, 0.5) is 18.9 Å². The van der Waals surface area contributed by atoms with Crippen molar-refractivity contribution in [3.63, 3.8) is 0 Å². The maximum absolute atomic E-state index is 14.3. The third-order valence-electron chi connectivity index (χ3n) is 7.87. The molecule has 200 valence electrons. The lowest BCUT2D eigenvalue weighted by atomic mass is 9.91. The number of nitrogens with one attached hydrogen (secondary N) is 1. The van der Waals surface area contributed by atoms with Crippen LogP contribution in [-0.4, -0.2) is 84.8 Å². The van der Waals surface area contributed by atoms with Gasteiger partial charge in [-0.25, -0.2) is 13.2 Å². The molecule has 1 N–H and O–H groups in total. The van der Waals surface area contributed by atoms with Crippen LogP contribution >= 0.6 is 0 Å². The zero-order chi connectivity index (χ0) is 26.3. The molecule has 1 amide bonds. The zero-order valence-electron chi connectivity index (χ0n) is 21.8. The second-order valence-corrected chi connectivity index (χ2v) is 11.5. The van der Waals surface area contributed by atoms with Crippen LogP contribution in [0, 0.1) is 11.6 Å². The van der Waals surface area contributed by atoms with Crippen molar-refractivity contribution in [1.29, 1.82) is 0 Å². The van der Waals surface area contributed by atoms with E-state index < -0.39 is 17.8 Å². The number of fused-ring (bicyclic) bond motifs is 1. The van der Waals surface area contributed by atoms with Crippen LogP contribution in [0.3, 0.4) is 0 Å². The first-order valence-corrected chi connectivity index (χ1v) is 13.2. The number of aromatic nitrogens is 1. The number of piperazine rings is 1. The van der Waals surface area contributed by atoms with E-state index in [2.05, 4.69) is 40.9 Å². The molecule has 2 aromatic rings. The van der Waals surface area contributed by atoms with Gasteiger partial charge >= 0.3 is 0 Å². The number of nitrogens with zero attached hydrogens (tertiary/aromatic N) is 4. The maximum Gasteiger partial charge on any atom is 0.241 e. The number of benzene rings is 1. The van der Waals surface area contributed by atoms with E-state index in [4.69, 9.17) is 0 Å². The SMILES string of the molecule is C[C@@H]1CN(CC(=O)N2CC(C)(C)c3ncc(Cc4ccc(F)cc4F)cc32)[C@@H](CN2CC[C@@H](F)C2)CN1. The predicted molar refractivity (Wildman–Crippen MR) is 138 cm³/mol. The number of amides is 1. The van der Waals surface area contributed by atoms with Gasteiger partial charge in [-0.2, -0.15) is 0 Å². The van der Waals surface area contributed by atoms with Crippen molar-refractivity contribution in [2.75, 3.05) is 50.7 Å². The van der Waals surface area contributed by atoms with Crippen LogP contribution in [0.1, 0.15) is 44.0 Å². The third-order valence-corrected chi connectivity index (χ3v) is 7.87. The Kier molecular flexibility index (Phi) is 7.31. The van der Waals surface area contributed by atoms with E-state index >= 15 is 0 Å². The molecule has 6 nitrogen and oxygen atoms in total. The van der Waals surface area contributed by atoms with E-state index in [0.717, 1.165) is 49.2 Å². The quantitative estimate of drug-likeness (QED) is 0.640. The van der Waals surface area contributed by atoms with Crippen molar-refractivity contribution in [2.24, 2.45) is 0 Å². The highest BCUT2D eigenvalue weighted by Crippen LogP contribution is 2.40. The number of likely N-dealkylation sites (tertiary alicyclic amines) is 1. The molecule has 0 aliphatic carbocycles. The molecule has 37 heavy (non-hydrogen) atoms. The zero-order valence-corrected chi connectivity index (χ0v) is 21.8. The van der Waals surface area contributed by atoms with Crippen LogP contribution in [0.25, 0.3) is 0 Å². The van der Waals surface area contributed by atoms with E-state index in [-0.39, 0.29) is 36.4 Å². The Morgan fingerprint density at radius 2 is 2.03 bits per heavy atom. The number of pyridine rings is 1. The van der Waals surface area contributed by atoms with Gasteiger partial charge in [0.2, 0.25) is 5.91 Å². The van der Waals surface area contributed by atoms with E-state index in [1.54, 1.807) is 6.20 Å². The largest absolute Gasteiger partial charge is 0.311 e. The summed E-state index contributed by atoms with van der Waals surface area (Å²) in [6.45, 7) is 10.5. The van der Waals surface area contributed by atoms with Gasteiger partial charge in [0, 0.05) is 75.5 Å². The van der Waals surface area contributed by atoms with Crippen molar-refractivity contribution < 1.29 is 18.0 Å². The van der Waals surface area contributed by atoms with Crippen molar-refractivity contribution in [3.05, 3.63) is 58.9 Å². The van der Waals surface area contributed by atoms with Gasteiger partial charge < -0.3 is 10.2 Å². The Labute approximate surface area is 216 Å². The van der Waals surface area contributed by atoms with Gasteiger partial charge in [0.05, 0.1) is 17.9 Å². The van der Waals surface area contributed by atoms with Crippen LogP contribution < -0.4 is 10.2 Å². The molecule has 0 spiro atoms. The number of hydrogen-bond donors (Lipinski definition) is 1. The van der Waals surface area contributed by atoms with Gasteiger partial charge in [0.15, 0.2) is 0 Å². The van der Waals surface area contributed by atoms with E-state index in [1.165, 1.54) is 12.1 Å². The Bertz CT molecular complexity index is 1160. The number of hydrogen-bond acceptors (Lipinski definition) is 5. The summed E-state index contributed by atoms with van der Waals surface area (Å²) in [7, 11) is 0. The summed E-state index contributed by atoms with van der Waals surface area (Å²) in [5, 5.41) is 3.51. The summed E-state index contributed by atoms with van der Waals surface area (Å²) in [6.07, 6.45) is 1.79. The van der Waals surface area contributed by atoms with Gasteiger partial charge in [-0.15, -0.1) is 0 Å². The van der Waals surface area contributed by atoms with E-state index in [9.17, 15) is 18.0 Å². The molecule has 1 aromatic heterocycles. The van der Waals surface area contributed by atoms with Gasteiger partial charge in [-0.1, -0.05) is 19.9 Å². The lowest BCUT2D eigenvalue weighted by Crippen LogP contribution is -2.60. The van der Waals surface area contributed by atoms with E-state index in [0.29, 0.717) is 25.1 Å². The molecule has 9 heteroatoms. The highest BCUT2D eigenvalue weighted by molar-refractivity contribution is 5.97. The normalized spacial score (nSPS) is 26.0. The fraction of sp³-hybridized carbons (Fsp3) is 0.571. The third kappa shape index (κ3) is 5.68. The molecule has 2 saturated heterocycles. The Balaban J connectivity index is 1.34. The van der Waals surface area contributed by atoms with Crippen molar-refractivity contribution >= 4 is 11.6 Å². The molecule has 1 aromatic carbocycles. The first-order valence-electron chi connectivity index (χ1n) is 13.2. The summed E-state index contributed by atoms with van der Waals surface area (Å²) in [6, 6.07) is 5.89. The van der Waals surface area contributed by atoms with Crippen molar-refractivity contribution in [1.82, 2.24) is 20.1 Å². The molecule has 3 atom stereocenters. The molecule has 3 aliphatic heterocycles. The number of halogens is 3. The summed E-state index contributed by atoms with van der Waals surface area (Å²) in [4.78, 5) is 24.6. The first-order chi connectivity index (χ1) is 17.6. The molecule has 0 saturated carbocycles. The molecule has 4 heterocycles. The average Bonchev–Trinajstić information content (AvgIpc) is 3.37. The maximum atomic E-state index is 14.3. The summed E-state index contributed by atoms with van der Waals surface area (Å²) < 4.78 is 41.4. The second-order valence-electron chi connectivity index (χ2n) is 11.5. The average molecular weight is 516 g/mol. The Morgan fingerprint density at radius 3 is 2.76 bits per heavy atom.